The van der Waals surface area contributed by atoms with E-state index in [4.69, 9.17) is 4.42 Å². The van der Waals surface area contributed by atoms with Crippen molar-refractivity contribution in [1.82, 2.24) is 5.32 Å². The quantitative estimate of drug-likeness (QED) is 0.640. The molecule has 1 aromatic rings. The molecule has 1 N–H and O–H groups in total. The first-order valence-corrected chi connectivity index (χ1v) is 6.02. The van der Waals surface area contributed by atoms with Crippen LogP contribution in [-0.2, 0) is 16.0 Å². The molecule has 4 nitrogen and oxygen atoms in total. The van der Waals surface area contributed by atoms with Gasteiger partial charge in [-0.25, -0.2) is 0 Å². The Balaban J connectivity index is 2.24. The van der Waals surface area contributed by atoms with Crippen LogP contribution in [0.5, 0.6) is 0 Å². The van der Waals surface area contributed by atoms with E-state index in [0.717, 1.165) is 12.2 Å². The summed E-state index contributed by atoms with van der Waals surface area (Å²) in [5, 5.41) is 3.23. The van der Waals surface area contributed by atoms with E-state index in [9.17, 15) is 4.79 Å². The predicted molar refractivity (Wildman–Crippen MR) is 64.6 cm³/mol. The summed E-state index contributed by atoms with van der Waals surface area (Å²) in [5.41, 5.74) is 0. The smallest absolute Gasteiger partial charge is 0.320 e. The van der Waals surface area contributed by atoms with Crippen molar-refractivity contribution in [2.24, 2.45) is 0 Å². The summed E-state index contributed by atoms with van der Waals surface area (Å²) < 4.78 is 9.84. The number of carbonyl (C=O) groups excluding carboxylic acids is 1. The normalized spacial score (nSPS) is 14.4. The second-order valence-corrected chi connectivity index (χ2v) is 4.69. The average Bonchev–Trinajstić information content (AvgIpc) is 2.77. The molecule has 1 aromatic heterocycles. The molecule has 16 heavy (non-hydrogen) atoms. The van der Waals surface area contributed by atoms with E-state index in [1.807, 2.05) is 19.1 Å². The molecule has 0 aliphatic carbocycles. The maximum Gasteiger partial charge on any atom is 0.320 e. The lowest BCUT2D eigenvalue weighted by Gasteiger charge is -2.14. The van der Waals surface area contributed by atoms with Gasteiger partial charge in [-0.05, 0) is 19.1 Å². The van der Waals surface area contributed by atoms with Gasteiger partial charge < -0.3 is 14.5 Å². The SMILES string of the molecule is COC(=O)C(Br)CNC(C)Cc1ccco1. The van der Waals surface area contributed by atoms with E-state index in [-0.39, 0.29) is 16.8 Å². The van der Waals surface area contributed by atoms with Crippen molar-refractivity contribution < 1.29 is 13.9 Å². The highest BCUT2D eigenvalue weighted by Gasteiger charge is 2.16. The number of hydrogen-bond donors (Lipinski definition) is 1. The Morgan fingerprint density at radius 3 is 3.00 bits per heavy atom. The van der Waals surface area contributed by atoms with Crippen LogP contribution in [0.15, 0.2) is 22.8 Å². The molecule has 0 bridgehead atoms. The Morgan fingerprint density at radius 1 is 1.69 bits per heavy atom. The fourth-order valence-corrected chi connectivity index (χ4v) is 1.69. The highest BCUT2D eigenvalue weighted by molar-refractivity contribution is 9.10. The number of ether oxygens (including phenoxy) is 1. The molecule has 0 spiro atoms. The van der Waals surface area contributed by atoms with Crippen LogP contribution in [0.1, 0.15) is 12.7 Å². The van der Waals surface area contributed by atoms with Gasteiger partial charge in [-0.3, -0.25) is 4.79 Å². The van der Waals surface area contributed by atoms with Crippen LogP contribution in [0.25, 0.3) is 0 Å². The molecule has 0 saturated carbocycles. The summed E-state index contributed by atoms with van der Waals surface area (Å²) >= 11 is 3.25. The summed E-state index contributed by atoms with van der Waals surface area (Å²) in [6.07, 6.45) is 2.46. The monoisotopic (exact) mass is 289 g/mol. The Bertz CT molecular complexity index is 313. The maximum absolute atomic E-state index is 11.1. The first-order valence-electron chi connectivity index (χ1n) is 5.11. The fourth-order valence-electron chi connectivity index (χ4n) is 1.32. The van der Waals surface area contributed by atoms with E-state index >= 15 is 0 Å². The third kappa shape index (κ3) is 4.37. The van der Waals surface area contributed by atoms with Crippen molar-refractivity contribution in [3.8, 4) is 0 Å². The number of nitrogens with one attached hydrogen (secondary N) is 1. The van der Waals surface area contributed by atoms with Crippen LogP contribution in [0.3, 0.4) is 0 Å². The predicted octanol–water partition coefficient (Wildman–Crippen LogP) is 1.74. The van der Waals surface area contributed by atoms with E-state index in [1.165, 1.54) is 7.11 Å². The molecule has 0 saturated heterocycles. The number of hydrogen-bond acceptors (Lipinski definition) is 4. The van der Waals surface area contributed by atoms with Crippen molar-refractivity contribution in [1.29, 1.82) is 0 Å². The average molecular weight is 290 g/mol. The Hall–Kier alpha value is -0.810. The number of esters is 1. The van der Waals surface area contributed by atoms with Gasteiger partial charge in [-0.2, -0.15) is 0 Å². The van der Waals surface area contributed by atoms with Crippen LogP contribution < -0.4 is 5.32 Å². The number of alkyl halides is 1. The molecule has 2 atom stereocenters. The summed E-state index contributed by atoms with van der Waals surface area (Å²) in [6.45, 7) is 2.58. The zero-order valence-corrected chi connectivity index (χ0v) is 11.0. The maximum atomic E-state index is 11.1. The molecule has 0 fully saturated rings. The van der Waals surface area contributed by atoms with Gasteiger partial charge in [0.15, 0.2) is 0 Å². The third-order valence-electron chi connectivity index (χ3n) is 2.19. The van der Waals surface area contributed by atoms with Crippen molar-refractivity contribution in [2.75, 3.05) is 13.7 Å². The molecule has 90 valence electrons. The number of furan rings is 1. The van der Waals surface area contributed by atoms with Crippen molar-refractivity contribution in [3.63, 3.8) is 0 Å². The Morgan fingerprint density at radius 2 is 2.44 bits per heavy atom. The summed E-state index contributed by atoms with van der Waals surface area (Å²) in [6, 6.07) is 4.05. The van der Waals surface area contributed by atoms with Crippen LogP contribution in [0.2, 0.25) is 0 Å². The minimum Gasteiger partial charge on any atom is -0.469 e. The highest BCUT2D eigenvalue weighted by atomic mass is 79.9. The lowest BCUT2D eigenvalue weighted by molar-refractivity contribution is -0.139. The molecular weight excluding hydrogens is 274 g/mol. The second-order valence-electron chi connectivity index (χ2n) is 3.58. The standard InChI is InChI=1S/C11H16BrNO3/c1-8(6-9-4-3-5-16-9)13-7-10(12)11(14)15-2/h3-5,8,10,13H,6-7H2,1-2H3. The van der Waals surface area contributed by atoms with Gasteiger partial charge in [0.2, 0.25) is 0 Å². The fraction of sp³-hybridized carbons (Fsp3) is 0.545. The van der Waals surface area contributed by atoms with Gasteiger partial charge in [0.25, 0.3) is 0 Å². The second kappa shape index (κ2) is 6.70. The zero-order valence-electron chi connectivity index (χ0n) is 9.40. The van der Waals surface area contributed by atoms with E-state index in [1.54, 1.807) is 6.26 Å². The number of rotatable bonds is 6. The zero-order chi connectivity index (χ0) is 12.0. The highest BCUT2D eigenvalue weighted by Crippen LogP contribution is 2.05. The van der Waals surface area contributed by atoms with Crippen LogP contribution in [-0.4, -0.2) is 30.5 Å². The summed E-state index contributed by atoms with van der Waals surface area (Å²) in [4.78, 5) is 10.8. The molecule has 0 aliphatic heterocycles. The minimum atomic E-state index is -0.309. The van der Waals surface area contributed by atoms with E-state index in [2.05, 4.69) is 26.0 Å². The number of methoxy groups -OCH3 is 1. The van der Waals surface area contributed by atoms with E-state index < -0.39 is 0 Å². The lowest BCUT2D eigenvalue weighted by atomic mass is 10.2. The molecular formula is C11H16BrNO3. The topological polar surface area (TPSA) is 51.5 Å². The summed E-state index contributed by atoms with van der Waals surface area (Å²) in [7, 11) is 1.38. The molecule has 0 amide bonds. The van der Waals surface area contributed by atoms with Gasteiger partial charge >= 0.3 is 5.97 Å². The molecule has 1 heterocycles. The van der Waals surface area contributed by atoms with Crippen LogP contribution >= 0.6 is 15.9 Å². The molecule has 0 aromatic carbocycles. The molecule has 0 aliphatic rings. The van der Waals surface area contributed by atoms with E-state index in [0.29, 0.717) is 6.54 Å². The largest absolute Gasteiger partial charge is 0.469 e. The Labute approximate surface area is 103 Å². The van der Waals surface area contributed by atoms with Gasteiger partial charge in [0.1, 0.15) is 10.6 Å². The molecule has 0 radical (unpaired) electrons. The van der Waals surface area contributed by atoms with Crippen LogP contribution in [0, 0.1) is 0 Å². The van der Waals surface area contributed by atoms with Gasteiger partial charge in [0.05, 0.1) is 13.4 Å². The van der Waals surface area contributed by atoms with Gasteiger partial charge in [-0.1, -0.05) is 15.9 Å². The number of halogens is 1. The molecule has 5 heteroatoms. The molecule has 1 rings (SSSR count). The summed E-state index contributed by atoms with van der Waals surface area (Å²) in [5.74, 6) is 0.668. The van der Waals surface area contributed by atoms with Gasteiger partial charge in [-0.15, -0.1) is 0 Å². The van der Waals surface area contributed by atoms with Crippen molar-refractivity contribution in [2.45, 2.75) is 24.2 Å². The first-order chi connectivity index (χ1) is 7.63. The first kappa shape index (κ1) is 13.3. The van der Waals surface area contributed by atoms with Crippen molar-refractivity contribution >= 4 is 21.9 Å². The molecule has 2 unspecified atom stereocenters. The third-order valence-corrected chi connectivity index (χ3v) is 2.89. The van der Waals surface area contributed by atoms with Crippen molar-refractivity contribution in [3.05, 3.63) is 24.2 Å². The van der Waals surface area contributed by atoms with Crippen LogP contribution in [0.4, 0.5) is 0 Å². The van der Waals surface area contributed by atoms with Gasteiger partial charge in [0, 0.05) is 19.0 Å². The minimum absolute atomic E-state index is 0.246. The number of carbonyl (C=O) groups is 1. The Kier molecular flexibility index (Phi) is 5.55. The lowest BCUT2D eigenvalue weighted by Crippen LogP contribution is -2.36.